The van der Waals surface area contributed by atoms with E-state index in [1.165, 1.54) is 12.8 Å². The van der Waals surface area contributed by atoms with Crippen LogP contribution in [0.2, 0.25) is 0 Å². The van der Waals surface area contributed by atoms with Crippen molar-refractivity contribution in [2.75, 3.05) is 7.11 Å². The zero-order chi connectivity index (χ0) is 16.9. The Bertz CT molecular complexity index is 692. The maximum absolute atomic E-state index is 12.5. The van der Waals surface area contributed by atoms with Crippen molar-refractivity contribution in [3.63, 3.8) is 0 Å². The standard InChI is InChI=1S/C18H23N3O3/c1-12-19-18(21-24-12)17(14-9-5-6-10-15(14)23-2)20-16(22)11-13-7-3-4-8-13/h5-6,9-10,13,17H,3-4,7-8,11H2,1-2H3,(H,20,22)/t17-/m1/s1. The summed E-state index contributed by atoms with van der Waals surface area (Å²) in [5.74, 6) is 2.09. The highest BCUT2D eigenvalue weighted by Crippen LogP contribution is 2.30. The Hall–Kier alpha value is -2.37. The fourth-order valence-corrected chi connectivity index (χ4v) is 3.32. The molecule has 1 fully saturated rings. The molecule has 6 nitrogen and oxygen atoms in total. The number of benzene rings is 1. The number of carbonyl (C=O) groups is 1. The van der Waals surface area contributed by atoms with E-state index in [2.05, 4.69) is 15.5 Å². The molecule has 128 valence electrons. The predicted octanol–water partition coefficient (Wildman–Crippen LogP) is 3.17. The molecule has 1 aliphatic rings. The molecule has 0 spiro atoms. The van der Waals surface area contributed by atoms with Gasteiger partial charge >= 0.3 is 0 Å². The van der Waals surface area contributed by atoms with Gasteiger partial charge in [-0.3, -0.25) is 4.79 Å². The van der Waals surface area contributed by atoms with E-state index in [4.69, 9.17) is 9.26 Å². The highest BCUT2D eigenvalue weighted by molar-refractivity contribution is 5.77. The predicted molar refractivity (Wildman–Crippen MR) is 88.6 cm³/mol. The molecule has 3 rings (SSSR count). The van der Waals surface area contributed by atoms with E-state index in [1.54, 1.807) is 14.0 Å². The van der Waals surface area contributed by atoms with Gasteiger partial charge in [0.05, 0.1) is 7.11 Å². The van der Waals surface area contributed by atoms with Crippen molar-refractivity contribution in [1.82, 2.24) is 15.5 Å². The van der Waals surface area contributed by atoms with Gasteiger partial charge < -0.3 is 14.6 Å². The van der Waals surface area contributed by atoms with Gasteiger partial charge in [0.15, 0.2) is 5.82 Å². The summed E-state index contributed by atoms with van der Waals surface area (Å²) in [5.41, 5.74) is 0.820. The molecule has 2 aromatic rings. The summed E-state index contributed by atoms with van der Waals surface area (Å²) in [6, 6.07) is 7.08. The number of hydrogen-bond donors (Lipinski definition) is 1. The number of amides is 1. The normalized spacial score (nSPS) is 16.1. The van der Waals surface area contributed by atoms with Crippen molar-refractivity contribution < 1.29 is 14.1 Å². The minimum atomic E-state index is -0.479. The average molecular weight is 329 g/mol. The molecule has 0 radical (unpaired) electrons. The van der Waals surface area contributed by atoms with Crippen LogP contribution in [0.4, 0.5) is 0 Å². The first-order valence-electron chi connectivity index (χ1n) is 8.40. The van der Waals surface area contributed by atoms with Crippen LogP contribution in [0.15, 0.2) is 28.8 Å². The molecule has 0 bridgehead atoms. The summed E-state index contributed by atoms with van der Waals surface area (Å²) in [7, 11) is 1.61. The van der Waals surface area contributed by atoms with Gasteiger partial charge in [0.25, 0.3) is 0 Å². The Labute approximate surface area is 141 Å². The van der Waals surface area contributed by atoms with E-state index in [-0.39, 0.29) is 5.91 Å². The fourth-order valence-electron chi connectivity index (χ4n) is 3.32. The Balaban J connectivity index is 1.83. The molecule has 1 heterocycles. The first-order chi connectivity index (χ1) is 11.7. The van der Waals surface area contributed by atoms with Crippen molar-refractivity contribution in [1.29, 1.82) is 0 Å². The lowest BCUT2D eigenvalue weighted by Gasteiger charge is -2.19. The molecule has 1 atom stereocenters. The van der Waals surface area contributed by atoms with Crippen molar-refractivity contribution >= 4 is 5.91 Å². The van der Waals surface area contributed by atoms with Crippen LogP contribution < -0.4 is 10.1 Å². The number of rotatable bonds is 6. The number of nitrogens with one attached hydrogen (secondary N) is 1. The largest absolute Gasteiger partial charge is 0.496 e. The lowest BCUT2D eigenvalue weighted by Crippen LogP contribution is -2.31. The molecule has 0 aliphatic heterocycles. The Kier molecular flexibility index (Phi) is 5.13. The number of methoxy groups -OCH3 is 1. The second-order valence-electron chi connectivity index (χ2n) is 6.27. The molecule has 0 saturated heterocycles. The molecule has 6 heteroatoms. The minimum absolute atomic E-state index is 0.0141. The van der Waals surface area contributed by atoms with Gasteiger partial charge in [-0.1, -0.05) is 36.2 Å². The smallest absolute Gasteiger partial charge is 0.223 e. The third-order valence-electron chi connectivity index (χ3n) is 4.51. The van der Waals surface area contributed by atoms with Gasteiger partial charge in [-0.15, -0.1) is 0 Å². The van der Waals surface area contributed by atoms with E-state index in [0.717, 1.165) is 18.4 Å². The van der Waals surface area contributed by atoms with Gasteiger partial charge in [0.1, 0.15) is 11.8 Å². The molecule has 1 saturated carbocycles. The molecule has 1 N–H and O–H groups in total. The highest BCUT2D eigenvalue weighted by atomic mass is 16.5. The second kappa shape index (κ2) is 7.47. The third-order valence-corrected chi connectivity index (χ3v) is 4.51. The molecule has 1 aromatic heterocycles. The van der Waals surface area contributed by atoms with E-state index in [1.807, 2.05) is 24.3 Å². The first kappa shape index (κ1) is 16.5. The minimum Gasteiger partial charge on any atom is -0.496 e. The number of para-hydroxylation sites is 1. The number of carbonyl (C=O) groups excluding carboxylic acids is 1. The molecule has 1 amide bonds. The zero-order valence-electron chi connectivity index (χ0n) is 14.1. The molecule has 1 aromatic carbocycles. The molecule has 24 heavy (non-hydrogen) atoms. The Morgan fingerprint density at radius 3 is 2.79 bits per heavy atom. The van der Waals surface area contributed by atoms with Crippen LogP contribution in [0.25, 0.3) is 0 Å². The number of ether oxygens (including phenoxy) is 1. The Morgan fingerprint density at radius 2 is 2.12 bits per heavy atom. The van der Waals surface area contributed by atoms with E-state index >= 15 is 0 Å². The van der Waals surface area contributed by atoms with Crippen molar-refractivity contribution in [3.8, 4) is 5.75 Å². The number of aryl methyl sites for hydroxylation is 1. The lowest BCUT2D eigenvalue weighted by atomic mass is 10.0. The third kappa shape index (κ3) is 3.75. The molecular weight excluding hydrogens is 306 g/mol. The van der Waals surface area contributed by atoms with Crippen LogP contribution in [-0.4, -0.2) is 23.2 Å². The monoisotopic (exact) mass is 329 g/mol. The quantitative estimate of drug-likeness (QED) is 0.881. The van der Waals surface area contributed by atoms with Crippen LogP contribution >= 0.6 is 0 Å². The van der Waals surface area contributed by atoms with Crippen LogP contribution in [0.1, 0.15) is 55.4 Å². The van der Waals surface area contributed by atoms with Crippen molar-refractivity contribution in [2.24, 2.45) is 5.92 Å². The first-order valence-corrected chi connectivity index (χ1v) is 8.40. The van der Waals surface area contributed by atoms with Crippen LogP contribution in [0, 0.1) is 12.8 Å². The maximum Gasteiger partial charge on any atom is 0.223 e. The fraction of sp³-hybridized carbons (Fsp3) is 0.500. The van der Waals surface area contributed by atoms with Gasteiger partial charge in [-0.05, 0) is 24.8 Å². The maximum atomic E-state index is 12.5. The summed E-state index contributed by atoms with van der Waals surface area (Å²) in [5, 5.41) is 7.06. The Morgan fingerprint density at radius 1 is 1.38 bits per heavy atom. The number of nitrogens with zero attached hydrogens (tertiary/aromatic N) is 2. The molecular formula is C18H23N3O3. The summed E-state index contributed by atoms with van der Waals surface area (Å²) >= 11 is 0. The summed E-state index contributed by atoms with van der Waals surface area (Å²) in [6.45, 7) is 1.73. The van der Waals surface area contributed by atoms with Gasteiger partial charge in [0.2, 0.25) is 11.8 Å². The van der Waals surface area contributed by atoms with Gasteiger partial charge in [0, 0.05) is 18.9 Å². The van der Waals surface area contributed by atoms with Crippen LogP contribution in [-0.2, 0) is 4.79 Å². The SMILES string of the molecule is COc1ccccc1[C@@H](NC(=O)CC1CCCC1)c1noc(C)n1. The van der Waals surface area contributed by atoms with Crippen molar-refractivity contribution in [3.05, 3.63) is 41.5 Å². The summed E-state index contributed by atoms with van der Waals surface area (Å²) in [6.07, 6.45) is 5.25. The molecule has 1 aliphatic carbocycles. The van der Waals surface area contributed by atoms with Gasteiger partial charge in [-0.2, -0.15) is 4.98 Å². The van der Waals surface area contributed by atoms with Crippen LogP contribution in [0.5, 0.6) is 5.75 Å². The van der Waals surface area contributed by atoms with E-state index < -0.39 is 6.04 Å². The zero-order valence-corrected chi connectivity index (χ0v) is 14.1. The number of hydrogen-bond acceptors (Lipinski definition) is 5. The van der Waals surface area contributed by atoms with E-state index in [0.29, 0.717) is 29.8 Å². The van der Waals surface area contributed by atoms with Gasteiger partial charge in [-0.25, -0.2) is 0 Å². The van der Waals surface area contributed by atoms with Crippen LogP contribution in [0.3, 0.4) is 0 Å². The lowest BCUT2D eigenvalue weighted by molar-refractivity contribution is -0.122. The van der Waals surface area contributed by atoms with Crippen molar-refractivity contribution in [2.45, 2.75) is 45.1 Å². The molecule has 0 unspecified atom stereocenters. The summed E-state index contributed by atoms with van der Waals surface area (Å²) < 4.78 is 10.5. The second-order valence-corrected chi connectivity index (χ2v) is 6.27. The number of aromatic nitrogens is 2. The highest BCUT2D eigenvalue weighted by Gasteiger charge is 2.26. The summed E-state index contributed by atoms with van der Waals surface area (Å²) in [4.78, 5) is 16.8. The topological polar surface area (TPSA) is 77.2 Å². The van der Waals surface area contributed by atoms with E-state index in [9.17, 15) is 4.79 Å². The average Bonchev–Trinajstić information content (AvgIpc) is 3.24.